The van der Waals surface area contributed by atoms with Crippen LogP contribution in [0.1, 0.15) is 37.7 Å². The van der Waals surface area contributed by atoms with Crippen LogP contribution in [0.4, 0.5) is 4.79 Å². The molecule has 2 heterocycles. The average molecular weight is 419 g/mol. The molecule has 1 aromatic carbocycles. The predicted octanol–water partition coefficient (Wildman–Crippen LogP) is 2.89. The summed E-state index contributed by atoms with van der Waals surface area (Å²) in [5, 5.41) is 8.86. The number of methoxy groups -OCH3 is 1. The van der Waals surface area contributed by atoms with Crippen LogP contribution < -0.4 is 4.74 Å². The maximum Gasteiger partial charge on any atom is 0.293 e. The molecule has 1 aromatic rings. The van der Waals surface area contributed by atoms with Gasteiger partial charge < -0.3 is 14.7 Å². The molecule has 0 radical (unpaired) electrons. The quantitative estimate of drug-likeness (QED) is 0.685. The smallest absolute Gasteiger partial charge is 0.293 e. The van der Waals surface area contributed by atoms with Gasteiger partial charge in [-0.15, -0.1) is 0 Å². The molecular weight excluding hydrogens is 392 g/mol. The Bertz CT molecular complexity index is 808. The molecule has 1 atom stereocenters. The van der Waals surface area contributed by atoms with Gasteiger partial charge in [0, 0.05) is 37.7 Å². The molecule has 0 spiro atoms. The highest BCUT2D eigenvalue weighted by molar-refractivity contribution is 8.18. The zero-order chi connectivity index (χ0) is 20.8. The number of benzene rings is 1. The van der Waals surface area contributed by atoms with E-state index in [0.717, 1.165) is 41.5 Å². The van der Waals surface area contributed by atoms with Crippen molar-refractivity contribution in [2.45, 2.75) is 38.1 Å². The summed E-state index contributed by atoms with van der Waals surface area (Å²) < 4.78 is 5.29. The average Bonchev–Trinajstić information content (AvgIpc) is 3.00. The molecule has 0 saturated carbocycles. The van der Waals surface area contributed by atoms with E-state index in [2.05, 4.69) is 0 Å². The van der Waals surface area contributed by atoms with Crippen molar-refractivity contribution < 1.29 is 24.2 Å². The van der Waals surface area contributed by atoms with E-state index in [-0.39, 0.29) is 42.7 Å². The third-order valence-electron chi connectivity index (χ3n) is 5.26. The number of aliphatic hydroxyl groups is 1. The number of nitrogens with zero attached hydrogens (tertiary/aromatic N) is 2. The Morgan fingerprint density at radius 2 is 2.10 bits per heavy atom. The van der Waals surface area contributed by atoms with Gasteiger partial charge in [0.15, 0.2) is 0 Å². The highest BCUT2D eigenvalue weighted by Crippen LogP contribution is 2.34. The van der Waals surface area contributed by atoms with Gasteiger partial charge in [0.05, 0.1) is 12.0 Å². The number of carbonyl (C=O) groups is 3. The lowest BCUT2D eigenvalue weighted by molar-refractivity contribution is -0.135. The second kappa shape index (κ2) is 9.93. The van der Waals surface area contributed by atoms with Crippen LogP contribution in [-0.2, 0) is 9.59 Å². The van der Waals surface area contributed by atoms with Gasteiger partial charge in [0.1, 0.15) is 5.75 Å². The highest BCUT2D eigenvalue weighted by atomic mass is 32.2. The number of imide groups is 1. The third kappa shape index (κ3) is 5.00. The fourth-order valence-electron chi connectivity index (χ4n) is 3.75. The third-order valence-corrected chi connectivity index (χ3v) is 6.17. The molecule has 0 aromatic heterocycles. The van der Waals surface area contributed by atoms with Crippen molar-refractivity contribution >= 4 is 34.9 Å². The van der Waals surface area contributed by atoms with Gasteiger partial charge in [0.2, 0.25) is 5.91 Å². The summed E-state index contributed by atoms with van der Waals surface area (Å²) in [6.45, 7) is 0.777. The van der Waals surface area contributed by atoms with Crippen molar-refractivity contribution in [3.8, 4) is 5.75 Å². The first-order chi connectivity index (χ1) is 14.0. The van der Waals surface area contributed by atoms with Gasteiger partial charge in [-0.1, -0.05) is 18.2 Å². The molecule has 3 rings (SSSR count). The van der Waals surface area contributed by atoms with E-state index < -0.39 is 0 Å². The molecule has 8 heteroatoms. The minimum atomic E-state index is -0.385. The summed E-state index contributed by atoms with van der Waals surface area (Å²) in [5.74, 6) is 0.162. The minimum Gasteiger partial charge on any atom is -0.496 e. The van der Waals surface area contributed by atoms with Crippen molar-refractivity contribution in [3.05, 3.63) is 34.7 Å². The van der Waals surface area contributed by atoms with Crippen LogP contribution in [0.5, 0.6) is 5.75 Å². The number of amides is 3. The molecule has 2 saturated heterocycles. The molecule has 0 aliphatic carbocycles. The van der Waals surface area contributed by atoms with E-state index in [1.807, 2.05) is 18.2 Å². The summed E-state index contributed by atoms with van der Waals surface area (Å²) in [7, 11) is 1.55. The molecule has 29 heavy (non-hydrogen) atoms. The molecular formula is C21H26N2O5S. The summed E-state index contributed by atoms with van der Waals surface area (Å²) in [4.78, 5) is 40.9. The maximum atomic E-state index is 12.7. The van der Waals surface area contributed by atoms with E-state index >= 15 is 0 Å². The molecule has 3 amide bonds. The second-order valence-electron chi connectivity index (χ2n) is 7.07. The zero-order valence-corrected chi connectivity index (χ0v) is 17.3. The van der Waals surface area contributed by atoms with Gasteiger partial charge in [-0.3, -0.25) is 19.3 Å². The van der Waals surface area contributed by atoms with Crippen molar-refractivity contribution in [1.82, 2.24) is 9.80 Å². The highest BCUT2D eigenvalue weighted by Gasteiger charge is 2.36. The number of hydrogen-bond acceptors (Lipinski definition) is 6. The van der Waals surface area contributed by atoms with Crippen molar-refractivity contribution in [2.24, 2.45) is 0 Å². The standard InChI is InChI=1S/C21H26N2O5S/c1-28-17-8-3-2-6-15(17)14-18-20(26)23(21(27)29-18)12-9-19(25)22-11-5-4-7-16(22)10-13-24/h2-3,6,8,14,16,24H,4-5,7,9-13H2,1H3/b18-14-/t16-/m1/s1. The van der Waals surface area contributed by atoms with Gasteiger partial charge in [0.25, 0.3) is 11.1 Å². The summed E-state index contributed by atoms with van der Waals surface area (Å²) >= 11 is 0.877. The van der Waals surface area contributed by atoms with Gasteiger partial charge >= 0.3 is 0 Å². The van der Waals surface area contributed by atoms with Gasteiger partial charge in [-0.2, -0.15) is 0 Å². The Labute approximate surface area is 174 Å². The molecule has 2 aliphatic heterocycles. The lowest BCUT2D eigenvalue weighted by Crippen LogP contribution is -2.45. The largest absolute Gasteiger partial charge is 0.496 e. The van der Waals surface area contributed by atoms with Crippen LogP contribution in [0.2, 0.25) is 0 Å². The van der Waals surface area contributed by atoms with E-state index in [1.165, 1.54) is 0 Å². The summed E-state index contributed by atoms with van der Waals surface area (Å²) in [5.41, 5.74) is 0.719. The Morgan fingerprint density at radius 1 is 1.31 bits per heavy atom. The zero-order valence-electron chi connectivity index (χ0n) is 16.5. The predicted molar refractivity (Wildman–Crippen MR) is 111 cm³/mol. The molecule has 0 bridgehead atoms. The second-order valence-corrected chi connectivity index (χ2v) is 8.07. The van der Waals surface area contributed by atoms with Crippen LogP contribution in [0.3, 0.4) is 0 Å². The van der Waals surface area contributed by atoms with Gasteiger partial charge in [-0.05, 0) is 49.6 Å². The monoisotopic (exact) mass is 418 g/mol. The van der Waals surface area contributed by atoms with Crippen molar-refractivity contribution in [1.29, 1.82) is 0 Å². The number of rotatable bonds is 7. The first-order valence-corrected chi connectivity index (χ1v) is 10.7. The lowest BCUT2D eigenvalue weighted by atomic mass is 9.99. The van der Waals surface area contributed by atoms with Crippen molar-refractivity contribution in [3.63, 3.8) is 0 Å². The summed E-state index contributed by atoms with van der Waals surface area (Å²) in [6, 6.07) is 7.31. The number of thioether (sulfide) groups is 1. The Hall–Kier alpha value is -2.32. The van der Waals surface area contributed by atoms with E-state index in [0.29, 0.717) is 23.6 Å². The van der Waals surface area contributed by atoms with Crippen LogP contribution >= 0.6 is 11.8 Å². The van der Waals surface area contributed by atoms with Crippen LogP contribution in [0, 0.1) is 0 Å². The van der Waals surface area contributed by atoms with Crippen molar-refractivity contribution in [2.75, 3.05) is 26.8 Å². The van der Waals surface area contributed by atoms with Gasteiger partial charge in [-0.25, -0.2) is 0 Å². The topological polar surface area (TPSA) is 87.2 Å². The Morgan fingerprint density at radius 3 is 2.86 bits per heavy atom. The number of likely N-dealkylation sites (tertiary alicyclic amines) is 1. The molecule has 0 unspecified atom stereocenters. The molecule has 1 N–H and O–H groups in total. The van der Waals surface area contributed by atoms with Crippen LogP contribution in [0.15, 0.2) is 29.2 Å². The van der Waals surface area contributed by atoms with Crippen LogP contribution in [0.25, 0.3) is 6.08 Å². The number of piperidine rings is 1. The van der Waals surface area contributed by atoms with E-state index in [4.69, 9.17) is 4.74 Å². The number of para-hydroxylation sites is 1. The minimum absolute atomic E-state index is 0.0432. The first kappa shape index (κ1) is 21.4. The number of hydrogen-bond donors (Lipinski definition) is 1. The fraction of sp³-hybridized carbons (Fsp3) is 0.476. The lowest BCUT2D eigenvalue weighted by Gasteiger charge is -2.36. The molecule has 7 nitrogen and oxygen atoms in total. The van der Waals surface area contributed by atoms with Crippen LogP contribution in [-0.4, -0.2) is 64.8 Å². The Balaban J connectivity index is 1.64. The fourth-order valence-corrected chi connectivity index (χ4v) is 4.60. The molecule has 2 fully saturated rings. The summed E-state index contributed by atoms with van der Waals surface area (Å²) in [6.07, 6.45) is 5.18. The normalized spacial score (nSPS) is 21.2. The number of ether oxygens (including phenoxy) is 1. The Kier molecular flexibility index (Phi) is 7.33. The first-order valence-electron chi connectivity index (χ1n) is 9.84. The SMILES string of the molecule is COc1ccccc1/C=C1\SC(=O)N(CCC(=O)N2CCCC[C@@H]2CCO)C1=O. The maximum absolute atomic E-state index is 12.7. The molecule has 156 valence electrons. The van der Waals surface area contributed by atoms with E-state index in [1.54, 1.807) is 24.2 Å². The number of carbonyl (C=O) groups excluding carboxylic acids is 3. The van der Waals surface area contributed by atoms with E-state index in [9.17, 15) is 19.5 Å². The molecule has 2 aliphatic rings. The number of aliphatic hydroxyl groups excluding tert-OH is 1.